The molecule has 0 spiro atoms. The van der Waals surface area contributed by atoms with E-state index in [2.05, 4.69) is 0 Å². The van der Waals surface area contributed by atoms with E-state index >= 15 is 0 Å². The third kappa shape index (κ3) is 4.88. The second-order valence-corrected chi connectivity index (χ2v) is 6.39. The van der Waals surface area contributed by atoms with Crippen molar-refractivity contribution < 1.29 is 19.0 Å². The van der Waals surface area contributed by atoms with E-state index < -0.39 is 0 Å². The Morgan fingerprint density at radius 3 is 2.24 bits per heavy atom. The van der Waals surface area contributed by atoms with Crippen molar-refractivity contribution in [3.05, 3.63) is 78.4 Å². The van der Waals surface area contributed by atoms with Gasteiger partial charge in [-0.2, -0.15) is 0 Å². The van der Waals surface area contributed by atoms with Crippen LogP contribution in [-0.2, 0) is 11.3 Å². The fourth-order valence-electron chi connectivity index (χ4n) is 3.06. The first-order valence-corrected chi connectivity index (χ1v) is 9.49. The first-order valence-electron chi connectivity index (χ1n) is 9.49. The van der Waals surface area contributed by atoms with E-state index in [1.54, 1.807) is 19.1 Å². The van der Waals surface area contributed by atoms with Gasteiger partial charge in [-0.1, -0.05) is 37.3 Å². The first kappa shape index (κ1) is 20.3. The van der Waals surface area contributed by atoms with Crippen LogP contribution in [0.2, 0.25) is 0 Å². The summed E-state index contributed by atoms with van der Waals surface area (Å²) in [5, 5.41) is 0. The highest BCUT2D eigenvalue weighted by molar-refractivity contribution is 5.94. The number of benzene rings is 3. The Labute approximate surface area is 171 Å². The van der Waals surface area contributed by atoms with Crippen molar-refractivity contribution in [2.24, 2.45) is 0 Å². The van der Waals surface area contributed by atoms with Crippen LogP contribution in [0.15, 0.2) is 72.8 Å². The van der Waals surface area contributed by atoms with Crippen LogP contribution in [0.25, 0.3) is 0 Å². The Hall–Kier alpha value is -3.47. The van der Waals surface area contributed by atoms with E-state index in [1.165, 1.54) is 0 Å². The monoisotopic (exact) mass is 391 g/mol. The molecule has 5 nitrogen and oxygen atoms in total. The van der Waals surface area contributed by atoms with Crippen molar-refractivity contribution in [3.8, 4) is 23.0 Å². The summed E-state index contributed by atoms with van der Waals surface area (Å²) in [6.45, 7) is 2.18. The molecule has 1 amide bonds. The maximum atomic E-state index is 12.9. The number of carbonyl (C=O) groups excluding carboxylic acids is 1. The smallest absolute Gasteiger partial charge is 0.227 e. The van der Waals surface area contributed by atoms with Crippen molar-refractivity contribution >= 4 is 11.6 Å². The van der Waals surface area contributed by atoms with Gasteiger partial charge in [0.05, 0.1) is 26.5 Å². The Bertz CT molecular complexity index is 956. The van der Waals surface area contributed by atoms with Crippen LogP contribution in [0.4, 0.5) is 5.69 Å². The van der Waals surface area contributed by atoms with E-state index in [0.29, 0.717) is 41.7 Å². The lowest BCUT2D eigenvalue weighted by Gasteiger charge is -2.26. The molecule has 0 bridgehead atoms. The van der Waals surface area contributed by atoms with Crippen LogP contribution in [0, 0.1) is 0 Å². The quantitative estimate of drug-likeness (QED) is 0.513. The van der Waals surface area contributed by atoms with Gasteiger partial charge in [0.2, 0.25) is 5.91 Å². The first-order chi connectivity index (χ1) is 14.2. The number of para-hydroxylation sites is 3. The van der Waals surface area contributed by atoms with Gasteiger partial charge in [0.1, 0.15) is 17.2 Å². The van der Waals surface area contributed by atoms with Crippen LogP contribution < -0.4 is 19.1 Å². The number of hydrogen-bond acceptors (Lipinski definition) is 4. The number of amides is 1. The molecule has 0 radical (unpaired) electrons. The lowest BCUT2D eigenvalue weighted by atomic mass is 10.1. The maximum Gasteiger partial charge on any atom is 0.227 e. The van der Waals surface area contributed by atoms with E-state index in [4.69, 9.17) is 14.2 Å². The molecule has 0 N–H and O–H groups in total. The molecule has 0 saturated carbocycles. The third-order valence-corrected chi connectivity index (χ3v) is 4.55. The second kappa shape index (κ2) is 9.64. The highest BCUT2D eigenvalue weighted by Gasteiger charge is 2.21. The predicted octanol–water partition coefficient (Wildman–Crippen LogP) is 5.44. The number of rotatable bonds is 8. The summed E-state index contributed by atoms with van der Waals surface area (Å²) in [5.41, 5.74) is 1.55. The molecule has 150 valence electrons. The molecular formula is C24H25NO4. The second-order valence-electron chi connectivity index (χ2n) is 6.39. The zero-order valence-corrected chi connectivity index (χ0v) is 16.9. The lowest BCUT2D eigenvalue weighted by Crippen LogP contribution is -2.30. The van der Waals surface area contributed by atoms with Crippen LogP contribution in [-0.4, -0.2) is 20.1 Å². The summed E-state index contributed by atoms with van der Waals surface area (Å²) < 4.78 is 16.9. The Morgan fingerprint density at radius 1 is 0.828 bits per heavy atom. The van der Waals surface area contributed by atoms with Crippen LogP contribution in [0.1, 0.15) is 18.9 Å². The highest BCUT2D eigenvalue weighted by Crippen LogP contribution is 2.35. The van der Waals surface area contributed by atoms with E-state index in [9.17, 15) is 4.79 Å². The topological polar surface area (TPSA) is 48.0 Å². The van der Waals surface area contributed by atoms with Gasteiger partial charge in [0, 0.05) is 12.0 Å². The average Bonchev–Trinajstić information content (AvgIpc) is 2.78. The molecule has 0 aliphatic carbocycles. The number of carbonyl (C=O) groups is 1. The molecule has 3 aromatic rings. The number of nitrogens with zero attached hydrogens (tertiary/aromatic N) is 1. The fourth-order valence-corrected chi connectivity index (χ4v) is 3.06. The van der Waals surface area contributed by atoms with E-state index in [-0.39, 0.29) is 5.91 Å². The maximum absolute atomic E-state index is 12.9. The van der Waals surface area contributed by atoms with Crippen molar-refractivity contribution in [2.45, 2.75) is 19.9 Å². The molecule has 0 saturated heterocycles. The molecule has 0 aliphatic rings. The molecule has 0 unspecified atom stereocenters. The van der Waals surface area contributed by atoms with Crippen LogP contribution in [0.3, 0.4) is 0 Å². The van der Waals surface area contributed by atoms with Crippen molar-refractivity contribution in [3.63, 3.8) is 0 Å². The molecule has 0 atom stereocenters. The van der Waals surface area contributed by atoms with Gasteiger partial charge in [0.15, 0.2) is 5.75 Å². The Kier molecular flexibility index (Phi) is 6.74. The van der Waals surface area contributed by atoms with E-state index in [1.807, 2.05) is 79.7 Å². The van der Waals surface area contributed by atoms with Gasteiger partial charge >= 0.3 is 0 Å². The third-order valence-electron chi connectivity index (χ3n) is 4.55. The fraction of sp³-hybridized carbons (Fsp3) is 0.208. The van der Waals surface area contributed by atoms with Crippen LogP contribution >= 0.6 is 0 Å². The van der Waals surface area contributed by atoms with Gasteiger partial charge in [0.25, 0.3) is 0 Å². The van der Waals surface area contributed by atoms with Gasteiger partial charge in [-0.3, -0.25) is 4.79 Å². The zero-order chi connectivity index (χ0) is 20.6. The number of anilines is 1. The van der Waals surface area contributed by atoms with Crippen molar-refractivity contribution in [1.29, 1.82) is 0 Å². The summed E-state index contributed by atoms with van der Waals surface area (Å²) in [7, 11) is 3.23. The molecule has 3 rings (SSSR count). The van der Waals surface area contributed by atoms with Gasteiger partial charge in [-0.05, 0) is 42.5 Å². The van der Waals surface area contributed by atoms with Gasteiger partial charge in [-0.15, -0.1) is 0 Å². The minimum Gasteiger partial charge on any atom is -0.497 e. The molecule has 0 fully saturated rings. The Balaban J connectivity index is 2.00. The number of hydrogen-bond donors (Lipinski definition) is 0. The molecule has 29 heavy (non-hydrogen) atoms. The molecule has 0 aromatic heterocycles. The minimum atomic E-state index is -0.0148. The predicted molar refractivity (Wildman–Crippen MR) is 114 cm³/mol. The largest absolute Gasteiger partial charge is 0.497 e. The molecule has 5 heteroatoms. The highest BCUT2D eigenvalue weighted by atomic mass is 16.5. The molecule has 0 aliphatic heterocycles. The van der Waals surface area contributed by atoms with Crippen molar-refractivity contribution in [1.82, 2.24) is 0 Å². The molecular weight excluding hydrogens is 366 g/mol. The van der Waals surface area contributed by atoms with Gasteiger partial charge in [-0.25, -0.2) is 0 Å². The summed E-state index contributed by atoms with van der Waals surface area (Å²) in [4.78, 5) is 14.6. The SMILES string of the molecule is CCC(=O)N(Cc1cc(OC)ccc1OC)c1ccccc1Oc1ccccc1. The number of ether oxygens (including phenoxy) is 3. The molecule has 3 aromatic carbocycles. The zero-order valence-electron chi connectivity index (χ0n) is 16.9. The summed E-state index contributed by atoms with van der Waals surface area (Å²) in [6, 6.07) is 22.6. The summed E-state index contributed by atoms with van der Waals surface area (Å²) >= 11 is 0. The standard InChI is InChI=1S/C24H25NO4/c1-4-24(26)25(17-18-16-20(27-2)14-15-22(18)28-3)21-12-8-9-13-23(21)29-19-10-6-5-7-11-19/h5-16H,4,17H2,1-3H3. The van der Waals surface area contributed by atoms with Crippen LogP contribution in [0.5, 0.6) is 23.0 Å². The van der Waals surface area contributed by atoms with Crippen molar-refractivity contribution in [2.75, 3.05) is 19.1 Å². The summed E-state index contributed by atoms with van der Waals surface area (Å²) in [5.74, 6) is 2.71. The average molecular weight is 391 g/mol. The van der Waals surface area contributed by atoms with Gasteiger partial charge < -0.3 is 19.1 Å². The molecule has 0 heterocycles. The summed E-state index contributed by atoms with van der Waals surface area (Å²) in [6.07, 6.45) is 0.367. The normalized spacial score (nSPS) is 10.3. The Morgan fingerprint density at radius 2 is 1.55 bits per heavy atom. The van der Waals surface area contributed by atoms with E-state index in [0.717, 1.165) is 5.56 Å². The number of methoxy groups -OCH3 is 2. The lowest BCUT2D eigenvalue weighted by molar-refractivity contribution is -0.118. The minimum absolute atomic E-state index is 0.0148.